The number of carbonyl (C=O) groups excluding carboxylic acids is 1. The Bertz CT molecular complexity index is 400. The summed E-state index contributed by atoms with van der Waals surface area (Å²) < 4.78 is 1.99. The first-order valence-electron chi connectivity index (χ1n) is 7.00. The molecule has 0 bridgehead atoms. The Morgan fingerprint density at radius 1 is 1.32 bits per heavy atom. The second kappa shape index (κ2) is 8.46. The summed E-state index contributed by atoms with van der Waals surface area (Å²) in [5, 5.41) is 2.97. The lowest BCUT2D eigenvalue weighted by atomic mass is 10.0. The molecule has 1 N–H and O–H groups in total. The lowest BCUT2D eigenvalue weighted by molar-refractivity contribution is -0.517. The normalized spacial score (nSPS) is 11.9. The van der Waals surface area contributed by atoms with Gasteiger partial charge in [0.1, 0.15) is 13.3 Å². The van der Waals surface area contributed by atoms with Crippen molar-refractivity contribution in [3.05, 3.63) is 35.9 Å². The van der Waals surface area contributed by atoms with Crippen LogP contribution in [0, 0.1) is 5.92 Å². The van der Waals surface area contributed by atoms with E-state index in [9.17, 15) is 4.79 Å². The molecule has 3 nitrogen and oxygen atoms in total. The fourth-order valence-electron chi connectivity index (χ4n) is 2.00. The molecule has 1 aromatic rings. The summed E-state index contributed by atoms with van der Waals surface area (Å²) in [6.07, 6.45) is 1.87. The van der Waals surface area contributed by atoms with Gasteiger partial charge < -0.3 is 5.32 Å². The average Bonchev–Trinajstić information content (AvgIpc) is 2.40. The fourth-order valence-corrected chi connectivity index (χ4v) is 2.00. The highest BCUT2D eigenvalue weighted by atomic mass is 16.1. The zero-order chi connectivity index (χ0) is 14.1. The van der Waals surface area contributed by atoms with Gasteiger partial charge in [-0.15, -0.1) is 0 Å². The molecule has 1 unspecified atom stereocenters. The summed E-state index contributed by atoms with van der Waals surface area (Å²) in [7, 11) is 0. The van der Waals surface area contributed by atoms with Crippen molar-refractivity contribution >= 4 is 12.6 Å². The van der Waals surface area contributed by atoms with Crippen LogP contribution in [-0.2, 0) is 11.2 Å². The van der Waals surface area contributed by atoms with Gasteiger partial charge in [-0.1, -0.05) is 44.2 Å². The maximum Gasteiger partial charge on any atom is 0.223 e. The van der Waals surface area contributed by atoms with Crippen LogP contribution in [0.25, 0.3) is 0 Å². The summed E-state index contributed by atoms with van der Waals surface area (Å²) in [5.41, 5.74) is 1.20. The molecule has 0 aliphatic heterocycles. The highest BCUT2D eigenvalue weighted by molar-refractivity contribution is 5.78. The first-order chi connectivity index (χ1) is 9.13. The zero-order valence-corrected chi connectivity index (χ0v) is 12.1. The van der Waals surface area contributed by atoms with E-state index in [1.807, 2.05) is 29.7 Å². The van der Waals surface area contributed by atoms with E-state index in [4.69, 9.17) is 0 Å². The van der Waals surface area contributed by atoms with Crippen molar-refractivity contribution in [1.29, 1.82) is 0 Å². The number of rotatable bonds is 8. The Kier molecular flexibility index (Phi) is 6.86. The van der Waals surface area contributed by atoms with Gasteiger partial charge in [0.25, 0.3) is 0 Å². The molecule has 1 atom stereocenters. The van der Waals surface area contributed by atoms with Gasteiger partial charge in [0.2, 0.25) is 5.91 Å². The maximum absolute atomic E-state index is 11.9. The zero-order valence-electron chi connectivity index (χ0n) is 12.1. The largest absolute Gasteiger partial charge is 0.350 e. The number of carbonyl (C=O) groups is 1. The third kappa shape index (κ3) is 6.18. The van der Waals surface area contributed by atoms with E-state index < -0.39 is 0 Å². The molecule has 0 saturated carbocycles. The Morgan fingerprint density at radius 3 is 2.63 bits per heavy atom. The van der Waals surface area contributed by atoms with Crippen molar-refractivity contribution in [2.75, 3.05) is 19.6 Å². The van der Waals surface area contributed by atoms with Crippen LogP contribution in [0.3, 0.4) is 0 Å². The molecule has 0 radical (unpaired) electrons. The predicted octanol–water partition coefficient (Wildman–Crippen LogP) is 2.10. The van der Waals surface area contributed by atoms with E-state index >= 15 is 0 Å². The van der Waals surface area contributed by atoms with Gasteiger partial charge in [-0.2, -0.15) is 0 Å². The lowest BCUT2D eigenvalue weighted by Crippen LogP contribution is -2.34. The monoisotopic (exact) mass is 261 g/mol. The third-order valence-corrected chi connectivity index (χ3v) is 3.10. The molecule has 104 valence electrons. The predicted molar refractivity (Wildman–Crippen MR) is 79.7 cm³/mol. The minimum absolute atomic E-state index is 0.00633. The van der Waals surface area contributed by atoms with Gasteiger partial charge >= 0.3 is 0 Å². The quantitative estimate of drug-likeness (QED) is 0.564. The molecule has 0 saturated heterocycles. The maximum atomic E-state index is 11.9. The van der Waals surface area contributed by atoms with Crippen LogP contribution < -0.4 is 5.32 Å². The average molecular weight is 261 g/mol. The number of hydrogen-bond acceptors (Lipinski definition) is 1. The molecule has 19 heavy (non-hydrogen) atoms. The van der Waals surface area contributed by atoms with Crippen LogP contribution in [0.2, 0.25) is 0 Å². The second-order valence-corrected chi connectivity index (χ2v) is 5.00. The van der Waals surface area contributed by atoms with Gasteiger partial charge in [0.05, 0.1) is 6.54 Å². The van der Waals surface area contributed by atoms with Crippen molar-refractivity contribution in [2.24, 2.45) is 5.92 Å². The fraction of sp³-hybridized carbons (Fsp3) is 0.500. The summed E-state index contributed by atoms with van der Waals surface area (Å²) >= 11 is 0. The molecule has 3 heteroatoms. The van der Waals surface area contributed by atoms with Crippen LogP contribution >= 0.6 is 0 Å². The Morgan fingerprint density at radius 2 is 2.00 bits per heavy atom. The first kappa shape index (κ1) is 15.4. The minimum Gasteiger partial charge on any atom is -0.350 e. The first-order valence-corrected chi connectivity index (χ1v) is 7.00. The van der Waals surface area contributed by atoms with Crippen LogP contribution in [0.15, 0.2) is 30.3 Å². The third-order valence-electron chi connectivity index (χ3n) is 3.10. The molecule has 0 heterocycles. The summed E-state index contributed by atoms with van der Waals surface area (Å²) in [6.45, 7) is 10.5. The van der Waals surface area contributed by atoms with Crippen molar-refractivity contribution in [1.82, 2.24) is 5.32 Å². The molecule has 0 spiro atoms. The van der Waals surface area contributed by atoms with E-state index in [-0.39, 0.29) is 11.8 Å². The molecular formula is C16H25N2O+. The molecule has 1 amide bonds. The van der Waals surface area contributed by atoms with Crippen molar-refractivity contribution in [3.63, 3.8) is 0 Å². The van der Waals surface area contributed by atoms with E-state index in [2.05, 4.69) is 31.1 Å². The van der Waals surface area contributed by atoms with Gasteiger partial charge in [-0.25, -0.2) is 4.58 Å². The van der Waals surface area contributed by atoms with Crippen LogP contribution in [0.4, 0.5) is 0 Å². The Hall–Kier alpha value is -1.64. The number of hydrogen-bond donors (Lipinski definition) is 1. The van der Waals surface area contributed by atoms with Gasteiger partial charge in [-0.3, -0.25) is 4.79 Å². The van der Waals surface area contributed by atoms with Gasteiger partial charge in [0.15, 0.2) is 6.54 Å². The van der Waals surface area contributed by atoms with E-state index in [0.29, 0.717) is 6.54 Å². The summed E-state index contributed by atoms with van der Waals surface area (Å²) in [4.78, 5) is 11.9. The minimum atomic E-state index is 0.00633. The Balaban J connectivity index is 2.27. The number of benzene rings is 1. The summed E-state index contributed by atoms with van der Waals surface area (Å²) in [6, 6.07) is 10.1. The molecule has 0 fully saturated rings. The molecule has 1 aromatic carbocycles. The summed E-state index contributed by atoms with van der Waals surface area (Å²) in [5.74, 6) is 0.126. The lowest BCUT2D eigenvalue weighted by Gasteiger charge is -2.11. The molecule has 1 rings (SSSR count). The molecular weight excluding hydrogens is 236 g/mol. The SMILES string of the molecule is C=[N+](CCC)CCNC(=O)C(C)Cc1ccccc1. The molecule has 0 aromatic heterocycles. The molecule has 0 aliphatic rings. The highest BCUT2D eigenvalue weighted by Crippen LogP contribution is 2.07. The van der Waals surface area contributed by atoms with E-state index in [1.54, 1.807) is 0 Å². The van der Waals surface area contributed by atoms with E-state index in [0.717, 1.165) is 25.9 Å². The Labute approximate surface area is 116 Å². The highest BCUT2D eigenvalue weighted by Gasteiger charge is 2.13. The van der Waals surface area contributed by atoms with Crippen molar-refractivity contribution in [3.8, 4) is 0 Å². The van der Waals surface area contributed by atoms with Crippen LogP contribution in [0.1, 0.15) is 25.8 Å². The number of nitrogens with one attached hydrogen (secondary N) is 1. The van der Waals surface area contributed by atoms with E-state index in [1.165, 1.54) is 5.56 Å². The van der Waals surface area contributed by atoms with Gasteiger partial charge in [0, 0.05) is 12.3 Å². The molecule has 0 aliphatic carbocycles. The van der Waals surface area contributed by atoms with Crippen molar-refractivity contribution < 1.29 is 9.37 Å². The van der Waals surface area contributed by atoms with Crippen LogP contribution in [0.5, 0.6) is 0 Å². The number of nitrogens with zero attached hydrogens (tertiary/aromatic N) is 1. The van der Waals surface area contributed by atoms with Gasteiger partial charge in [-0.05, 0) is 12.0 Å². The standard InChI is InChI=1S/C16H24N2O/c1-4-11-18(3)12-10-17-16(19)14(2)13-15-8-6-5-7-9-15/h5-9,14H,3-4,10-13H2,1-2H3/p+1. The number of amides is 1. The van der Waals surface area contributed by atoms with Crippen molar-refractivity contribution in [2.45, 2.75) is 26.7 Å². The second-order valence-electron chi connectivity index (χ2n) is 5.00. The van der Waals surface area contributed by atoms with Crippen LogP contribution in [-0.4, -0.2) is 36.8 Å². The smallest absolute Gasteiger partial charge is 0.223 e. The topological polar surface area (TPSA) is 32.1 Å².